The van der Waals surface area contributed by atoms with Gasteiger partial charge in [-0.15, -0.1) is 0 Å². The third kappa shape index (κ3) is 6.69. The summed E-state index contributed by atoms with van der Waals surface area (Å²) in [6, 6.07) is 0. The molecule has 2 aromatic rings. The van der Waals surface area contributed by atoms with E-state index in [4.69, 9.17) is 30.0 Å². The normalized spacial score (nSPS) is 16.7. The van der Waals surface area contributed by atoms with Gasteiger partial charge in [0.25, 0.3) is 0 Å². The van der Waals surface area contributed by atoms with Crippen LogP contribution in [-0.2, 0) is 25.7 Å². The molecular weight excluding hydrogens is 584 g/mol. The topological polar surface area (TPSA) is 121 Å². The predicted molar refractivity (Wildman–Crippen MR) is 196 cm³/mol. The number of amidine groups is 3. The number of aliphatic imine (C=N–C) groups is 4. The number of hydrogen-bond acceptors (Lipinski definition) is 8. The molecule has 2 aromatic heterocycles. The first-order valence-corrected chi connectivity index (χ1v) is 17.9. The van der Waals surface area contributed by atoms with Crippen LogP contribution in [0.25, 0.3) is 0 Å². The Labute approximate surface area is 280 Å². The van der Waals surface area contributed by atoms with Crippen LogP contribution in [0.15, 0.2) is 52.6 Å². The monoisotopic (exact) mass is 638 g/mol. The van der Waals surface area contributed by atoms with Gasteiger partial charge in [-0.1, -0.05) is 80.1 Å². The minimum atomic E-state index is 0.683. The molecule has 0 aliphatic carbocycles. The Balaban J connectivity index is 1.94. The number of hydrogen-bond donors (Lipinski definition) is 3. The van der Waals surface area contributed by atoms with Crippen LogP contribution in [0, 0.1) is 0 Å². The van der Waals surface area contributed by atoms with Gasteiger partial charge in [-0.3, -0.25) is 4.99 Å². The Hall–Kier alpha value is -4.08. The number of H-pyrrole nitrogens is 2. The number of aromatic nitrogens is 2. The van der Waals surface area contributed by atoms with Gasteiger partial charge in [-0.2, -0.15) is 0 Å². The highest BCUT2D eigenvalue weighted by Crippen LogP contribution is 2.36. The summed E-state index contributed by atoms with van der Waals surface area (Å²) >= 11 is 0. The molecule has 0 radical (unpaired) electrons. The zero-order valence-electron chi connectivity index (χ0n) is 30.1. The lowest BCUT2D eigenvalue weighted by Gasteiger charge is -2.14. The average Bonchev–Trinajstić information content (AvgIpc) is 3.74. The number of aromatic amines is 2. The Morgan fingerprint density at radius 1 is 0.553 bits per heavy atom. The first-order valence-electron chi connectivity index (χ1n) is 17.9. The zero-order valence-corrected chi connectivity index (χ0v) is 30.1. The highest BCUT2D eigenvalue weighted by Gasteiger charge is 2.31. The standard InChI is InChI=1S/C37H54N10/c1-10-16-22-23(17-11-2)31-39-30(22)40-32-24(18-12-3)26(20-14-5)34(42-32)44-36-28(38-7)29(47(8)9)37(46-36)45-35-27(21-15-6)25(19-13-4)33(41-31)43-35/h42H,10-21H2,1-9H3,(H,44,46)(H,39,40,41,43,45). The fourth-order valence-electron chi connectivity index (χ4n) is 6.96. The number of nitrogens with zero attached hydrogens (tertiary/aromatic N) is 7. The van der Waals surface area contributed by atoms with Crippen molar-refractivity contribution in [3.05, 3.63) is 55.9 Å². The molecule has 252 valence electrons. The van der Waals surface area contributed by atoms with Gasteiger partial charge in [0.15, 0.2) is 23.3 Å². The molecule has 0 atom stereocenters. The van der Waals surface area contributed by atoms with Crippen LogP contribution in [0.1, 0.15) is 115 Å². The van der Waals surface area contributed by atoms with Crippen molar-refractivity contribution in [2.24, 2.45) is 30.0 Å². The lowest BCUT2D eigenvalue weighted by molar-refractivity contribution is 0.532. The van der Waals surface area contributed by atoms with Crippen LogP contribution >= 0.6 is 0 Å². The van der Waals surface area contributed by atoms with E-state index in [1.807, 2.05) is 21.1 Å². The van der Waals surface area contributed by atoms with Crippen LogP contribution in [0.3, 0.4) is 0 Å². The molecular formula is C37H54N10. The second-order valence-electron chi connectivity index (χ2n) is 12.9. The van der Waals surface area contributed by atoms with Gasteiger partial charge >= 0.3 is 0 Å². The molecule has 0 unspecified atom stereocenters. The summed E-state index contributed by atoms with van der Waals surface area (Å²) < 4.78 is 0. The second-order valence-corrected chi connectivity index (χ2v) is 12.9. The van der Waals surface area contributed by atoms with Crippen molar-refractivity contribution in [2.45, 2.75) is 119 Å². The quantitative estimate of drug-likeness (QED) is 0.222. The molecule has 0 saturated carbocycles. The van der Waals surface area contributed by atoms with E-state index in [0.717, 1.165) is 129 Å². The van der Waals surface area contributed by atoms with Gasteiger partial charge in [0, 0.05) is 54.5 Å². The van der Waals surface area contributed by atoms with Crippen molar-refractivity contribution in [3.8, 4) is 0 Å². The maximum atomic E-state index is 5.34. The highest BCUT2D eigenvalue weighted by molar-refractivity contribution is 6.50. The summed E-state index contributed by atoms with van der Waals surface area (Å²) in [5, 5.41) is 3.57. The molecule has 0 amide bonds. The van der Waals surface area contributed by atoms with E-state index >= 15 is 0 Å². The molecule has 0 aromatic carbocycles. The molecule has 3 aliphatic rings. The molecule has 5 rings (SSSR count). The SMILES string of the molecule is CCCC1=C(CCC)C2=Nc3[nH]c(c(CCC)c3CCC)N=C3NC(=C(N(C)C)C3=NC)N=c3[nH]c(c(CCC)c3CCC)=NC1=N2. The van der Waals surface area contributed by atoms with Gasteiger partial charge in [0.1, 0.15) is 34.0 Å². The lowest BCUT2D eigenvalue weighted by Crippen LogP contribution is -2.25. The zero-order chi connectivity index (χ0) is 33.7. The van der Waals surface area contributed by atoms with Crippen molar-refractivity contribution in [3.63, 3.8) is 0 Å². The summed E-state index contributed by atoms with van der Waals surface area (Å²) in [6.07, 6.45) is 11.5. The third-order valence-electron chi connectivity index (χ3n) is 8.92. The average molecular weight is 639 g/mol. The summed E-state index contributed by atoms with van der Waals surface area (Å²) in [5.74, 6) is 4.64. The maximum Gasteiger partial charge on any atom is 0.161 e. The molecule has 0 saturated heterocycles. The number of nitrogens with one attached hydrogen (secondary N) is 3. The molecule has 10 nitrogen and oxygen atoms in total. The van der Waals surface area contributed by atoms with Gasteiger partial charge in [-0.05, 0) is 38.5 Å². The van der Waals surface area contributed by atoms with Gasteiger partial charge in [-0.25, -0.2) is 25.0 Å². The van der Waals surface area contributed by atoms with Crippen molar-refractivity contribution in [1.82, 2.24) is 20.2 Å². The van der Waals surface area contributed by atoms with Gasteiger partial charge < -0.3 is 20.2 Å². The largest absolute Gasteiger partial charge is 0.373 e. The lowest BCUT2D eigenvalue weighted by atomic mass is 10.00. The van der Waals surface area contributed by atoms with E-state index in [-0.39, 0.29) is 0 Å². The van der Waals surface area contributed by atoms with Crippen molar-refractivity contribution >= 4 is 34.9 Å². The molecule has 5 heterocycles. The first-order chi connectivity index (χ1) is 22.8. The highest BCUT2D eigenvalue weighted by atomic mass is 15.2. The molecule has 3 N–H and O–H groups in total. The van der Waals surface area contributed by atoms with Gasteiger partial charge in [0.2, 0.25) is 0 Å². The fourth-order valence-corrected chi connectivity index (χ4v) is 6.96. The minimum Gasteiger partial charge on any atom is -0.373 e. The van der Waals surface area contributed by atoms with E-state index in [1.165, 1.54) is 33.4 Å². The number of fused-ring (bicyclic) bond motifs is 7. The van der Waals surface area contributed by atoms with Gasteiger partial charge in [0.05, 0.1) is 0 Å². The van der Waals surface area contributed by atoms with Crippen LogP contribution in [0.5, 0.6) is 0 Å². The second kappa shape index (κ2) is 15.2. The predicted octanol–water partition coefficient (Wildman–Crippen LogP) is 6.88. The molecule has 0 spiro atoms. The number of rotatable bonds is 13. The summed E-state index contributed by atoms with van der Waals surface area (Å²) in [7, 11) is 5.88. The van der Waals surface area contributed by atoms with E-state index < -0.39 is 0 Å². The van der Waals surface area contributed by atoms with Crippen molar-refractivity contribution < 1.29 is 0 Å². The Bertz CT molecular complexity index is 1800. The van der Waals surface area contributed by atoms with Crippen molar-refractivity contribution in [2.75, 3.05) is 21.1 Å². The Kier molecular flexibility index (Phi) is 11.1. The van der Waals surface area contributed by atoms with Crippen molar-refractivity contribution in [1.29, 1.82) is 0 Å². The van der Waals surface area contributed by atoms with Crippen LogP contribution in [-0.4, -0.2) is 59.2 Å². The molecule has 8 bridgehead atoms. The van der Waals surface area contributed by atoms with E-state index in [2.05, 4.69) is 61.7 Å². The fraction of sp³-hybridized carbons (Fsp3) is 0.568. The third-order valence-corrected chi connectivity index (χ3v) is 8.92. The first kappa shape index (κ1) is 34.3. The minimum absolute atomic E-state index is 0.683. The van der Waals surface area contributed by atoms with E-state index in [9.17, 15) is 0 Å². The Morgan fingerprint density at radius 2 is 1.04 bits per heavy atom. The molecule has 0 fully saturated rings. The smallest absolute Gasteiger partial charge is 0.161 e. The molecule has 10 heteroatoms. The van der Waals surface area contributed by atoms with Crippen LogP contribution < -0.4 is 16.3 Å². The Morgan fingerprint density at radius 3 is 1.55 bits per heavy atom. The summed E-state index contributed by atoms with van der Waals surface area (Å²) in [5.41, 5.74) is 10.7. The van der Waals surface area contributed by atoms with Crippen LogP contribution in [0.4, 0.5) is 11.6 Å². The summed E-state index contributed by atoms with van der Waals surface area (Å²) in [4.78, 5) is 40.5. The molecule has 3 aliphatic heterocycles. The van der Waals surface area contributed by atoms with E-state index in [1.54, 1.807) is 0 Å². The maximum absolute atomic E-state index is 5.34. The summed E-state index contributed by atoms with van der Waals surface area (Å²) in [6.45, 7) is 13.3. The van der Waals surface area contributed by atoms with E-state index in [0.29, 0.717) is 5.84 Å². The molecule has 47 heavy (non-hydrogen) atoms. The van der Waals surface area contributed by atoms with Crippen LogP contribution in [0.2, 0.25) is 0 Å².